The predicted octanol–water partition coefficient (Wildman–Crippen LogP) is 2.82. The molecular weight excluding hydrogens is 469 g/mol. The molecule has 1 unspecified atom stereocenters. The average molecular weight is 494 g/mol. The monoisotopic (exact) mass is 493 g/mol. The van der Waals surface area contributed by atoms with E-state index in [9.17, 15) is 8.42 Å². The molecule has 0 spiro atoms. The molecule has 4 aromatic rings. The maximum Gasteiger partial charge on any atom is 0.243 e. The minimum atomic E-state index is -3.49. The molecule has 10 heteroatoms. The van der Waals surface area contributed by atoms with E-state index < -0.39 is 10.0 Å². The highest BCUT2D eigenvalue weighted by Gasteiger charge is 2.30. The summed E-state index contributed by atoms with van der Waals surface area (Å²) in [5.74, 6) is 0.979. The van der Waals surface area contributed by atoms with E-state index in [1.165, 1.54) is 0 Å². The largest absolute Gasteiger partial charge is 0.370 e. The van der Waals surface area contributed by atoms with Gasteiger partial charge in [-0.3, -0.25) is 0 Å². The van der Waals surface area contributed by atoms with Crippen molar-refractivity contribution in [3.63, 3.8) is 0 Å². The van der Waals surface area contributed by atoms with Crippen molar-refractivity contribution >= 4 is 46.4 Å². The van der Waals surface area contributed by atoms with Gasteiger partial charge in [0.15, 0.2) is 5.65 Å². The maximum atomic E-state index is 13.1. The first kappa shape index (κ1) is 22.9. The van der Waals surface area contributed by atoms with Crippen molar-refractivity contribution in [2.24, 2.45) is 5.92 Å². The molecule has 1 atom stereocenters. The zero-order chi connectivity index (χ0) is 23.7. The lowest BCUT2D eigenvalue weighted by Gasteiger charge is -2.32. The minimum Gasteiger partial charge on any atom is -0.370 e. The molecule has 0 amide bonds. The summed E-state index contributed by atoms with van der Waals surface area (Å²) >= 11 is 6.44. The van der Waals surface area contributed by atoms with Crippen LogP contribution >= 0.6 is 11.6 Å². The summed E-state index contributed by atoms with van der Waals surface area (Å²) in [7, 11) is -1.52. The second-order valence-corrected chi connectivity index (χ2v) is 11.0. The lowest BCUT2D eigenvalue weighted by atomic mass is 9.99. The van der Waals surface area contributed by atoms with Crippen LogP contribution in [0.3, 0.4) is 0 Å². The average Bonchev–Trinajstić information content (AvgIpc) is 3.24. The fourth-order valence-electron chi connectivity index (χ4n) is 4.41. The van der Waals surface area contributed by atoms with Crippen molar-refractivity contribution in [3.8, 4) is 11.3 Å². The van der Waals surface area contributed by atoms with Gasteiger partial charge in [0.05, 0.1) is 10.6 Å². The topological polar surface area (TPSA) is 79.6 Å². The number of anilines is 1. The number of sulfonamides is 1. The quantitative estimate of drug-likeness (QED) is 0.418. The summed E-state index contributed by atoms with van der Waals surface area (Å²) in [4.78, 5) is 5.13. The van der Waals surface area contributed by atoms with Crippen molar-refractivity contribution in [1.29, 1.82) is 0 Å². The van der Waals surface area contributed by atoms with E-state index in [1.54, 1.807) is 39.3 Å². The van der Waals surface area contributed by atoms with E-state index in [4.69, 9.17) is 16.6 Å². The summed E-state index contributed by atoms with van der Waals surface area (Å²) in [6.45, 7) is 1.65. The summed E-state index contributed by atoms with van der Waals surface area (Å²) in [5, 5.41) is 8.63. The Balaban J connectivity index is 1.38. The smallest absolute Gasteiger partial charge is 0.243 e. The first-order chi connectivity index (χ1) is 16.4. The van der Waals surface area contributed by atoms with Crippen LogP contribution in [0.4, 0.5) is 5.82 Å². The fraction of sp³-hybridized carbons (Fsp3) is 0.250. The van der Waals surface area contributed by atoms with Gasteiger partial charge in [-0.05, 0) is 42.4 Å². The fourth-order valence-corrected chi connectivity index (χ4v) is 6.22. The highest BCUT2D eigenvalue weighted by molar-refractivity contribution is 7.89. The zero-order valence-electron chi connectivity index (χ0n) is 18.9. The Hall–Kier alpha value is -2.88. The second kappa shape index (κ2) is 9.41. The maximum absolute atomic E-state index is 13.1. The Labute approximate surface area is 205 Å². The van der Waals surface area contributed by atoms with Gasteiger partial charge in [-0.2, -0.15) is 13.9 Å². The molecule has 1 saturated heterocycles. The van der Waals surface area contributed by atoms with E-state index >= 15 is 0 Å². The number of aromatic nitrogens is 3. The minimum absolute atomic E-state index is 0.177. The van der Waals surface area contributed by atoms with Gasteiger partial charge in [0.25, 0.3) is 0 Å². The molecule has 0 radical (unpaired) electrons. The van der Waals surface area contributed by atoms with E-state index in [-0.39, 0.29) is 5.92 Å². The number of hydrogen-bond acceptors (Lipinski definition) is 5. The normalized spacial score (nSPS) is 17.1. The molecule has 3 heterocycles. The number of hydrogen-bond donors (Lipinski definition) is 1. The highest BCUT2D eigenvalue weighted by Crippen LogP contribution is 2.29. The number of rotatable bonds is 6. The van der Waals surface area contributed by atoms with Crippen LogP contribution < -0.4 is 10.8 Å². The van der Waals surface area contributed by atoms with Crippen LogP contribution in [0.2, 0.25) is 5.02 Å². The highest BCUT2D eigenvalue weighted by atomic mass is 35.5. The van der Waals surface area contributed by atoms with Crippen molar-refractivity contribution in [2.45, 2.75) is 17.7 Å². The molecule has 1 fully saturated rings. The summed E-state index contributed by atoms with van der Waals surface area (Å²) < 4.78 is 29.6. The van der Waals surface area contributed by atoms with E-state index in [0.717, 1.165) is 41.0 Å². The number of nitrogens with zero attached hydrogens (tertiary/aromatic N) is 4. The molecule has 7 nitrogen and oxygen atoms in total. The van der Waals surface area contributed by atoms with Gasteiger partial charge in [0, 0.05) is 42.5 Å². The molecule has 174 valence electrons. The zero-order valence-corrected chi connectivity index (χ0v) is 20.4. The van der Waals surface area contributed by atoms with Gasteiger partial charge in [0.2, 0.25) is 10.0 Å². The van der Waals surface area contributed by atoms with E-state index in [0.29, 0.717) is 29.6 Å². The van der Waals surface area contributed by atoms with Crippen LogP contribution in [0.1, 0.15) is 12.8 Å². The number of nitrogens with one attached hydrogen (secondary N) is 1. The molecule has 5 rings (SSSR count). The molecule has 34 heavy (non-hydrogen) atoms. The van der Waals surface area contributed by atoms with Crippen LogP contribution in [0.5, 0.6) is 0 Å². The van der Waals surface area contributed by atoms with E-state index in [1.807, 2.05) is 44.2 Å². The second-order valence-electron chi connectivity index (χ2n) is 8.63. The van der Waals surface area contributed by atoms with Crippen LogP contribution in [0.15, 0.2) is 71.8 Å². The lowest BCUT2D eigenvalue weighted by Crippen LogP contribution is -2.41. The van der Waals surface area contributed by atoms with Crippen molar-refractivity contribution < 1.29 is 8.42 Å². The van der Waals surface area contributed by atoms with Crippen molar-refractivity contribution in [1.82, 2.24) is 18.9 Å². The van der Waals surface area contributed by atoms with Gasteiger partial charge < -0.3 is 5.32 Å². The number of halogens is 1. The van der Waals surface area contributed by atoms with Gasteiger partial charge in [0.1, 0.15) is 13.7 Å². The van der Waals surface area contributed by atoms with Crippen LogP contribution in [-0.2, 0) is 10.0 Å². The predicted molar refractivity (Wildman–Crippen MR) is 138 cm³/mol. The van der Waals surface area contributed by atoms with Crippen LogP contribution in [0.25, 0.3) is 16.9 Å². The summed E-state index contributed by atoms with van der Waals surface area (Å²) in [6, 6.07) is 18.2. The van der Waals surface area contributed by atoms with Crippen LogP contribution in [-0.4, -0.2) is 54.8 Å². The molecular formula is C24H25BClN5O2S. The summed E-state index contributed by atoms with van der Waals surface area (Å²) in [6.07, 6.45) is 3.58. The van der Waals surface area contributed by atoms with Gasteiger partial charge in [-0.15, -0.1) is 0 Å². The molecule has 1 aliphatic rings. The number of fused-ring (bicyclic) bond motifs is 1. The number of piperidine rings is 1. The molecule has 1 aliphatic heterocycles. The Morgan fingerprint density at radius 1 is 1.12 bits per heavy atom. The Morgan fingerprint density at radius 3 is 2.68 bits per heavy atom. The third kappa shape index (κ3) is 4.43. The molecule has 0 bridgehead atoms. The third-order valence-corrected chi connectivity index (χ3v) is 8.44. The summed E-state index contributed by atoms with van der Waals surface area (Å²) in [5.41, 5.74) is 3.35. The lowest BCUT2D eigenvalue weighted by molar-refractivity contribution is 0.275. The van der Waals surface area contributed by atoms with Crippen molar-refractivity contribution in [2.75, 3.05) is 25.0 Å². The molecule has 2 aromatic carbocycles. The van der Waals surface area contributed by atoms with Crippen LogP contribution in [0, 0.1) is 5.92 Å². The molecule has 1 N–H and O–H groups in total. The number of benzene rings is 2. The SMILES string of the molecule is Bc1cnn2c(NCC3CCCN(S(=O)(=O)c4ccccc4)C3)cc(-c3ccccc3Cl)nc12. The molecule has 0 aliphatic carbocycles. The Bertz CT molecular complexity index is 1430. The Morgan fingerprint density at radius 2 is 1.88 bits per heavy atom. The molecule has 2 aromatic heterocycles. The molecule has 0 saturated carbocycles. The van der Waals surface area contributed by atoms with Gasteiger partial charge >= 0.3 is 0 Å². The Kier molecular flexibility index (Phi) is 6.33. The van der Waals surface area contributed by atoms with Gasteiger partial charge in [-0.1, -0.05) is 48.0 Å². The third-order valence-electron chi connectivity index (χ3n) is 6.23. The standard InChI is InChI=1S/C24H25BClN5O2S/c25-20-15-28-31-23(13-22(29-24(20)31)19-10-4-5-11-21(19)26)27-14-17-7-6-12-30(16-17)34(32,33)18-8-2-1-3-9-18/h1-5,8-11,13,15,17,27H,6-7,12,14,16,25H2. The first-order valence-corrected chi connectivity index (χ1v) is 13.1. The first-order valence-electron chi connectivity index (χ1n) is 11.3. The van der Waals surface area contributed by atoms with Crippen molar-refractivity contribution in [3.05, 3.63) is 71.9 Å². The van der Waals surface area contributed by atoms with Gasteiger partial charge in [-0.25, -0.2) is 13.4 Å². The van der Waals surface area contributed by atoms with E-state index in [2.05, 4.69) is 10.4 Å².